The number of hydrogen-bond donors (Lipinski definition) is 5. The third-order valence-corrected chi connectivity index (χ3v) is 4.41. The Bertz CT molecular complexity index is 1040. The Hall–Kier alpha value is -3.55. The predicted octanol–water partition coefficient (Wildman–Crippen LogP) is -2.94. The molecular formula is C12H14N6O11S2. The molecule has 170 valence electrons. The molecule has 31 heavy (non-hydrogen) atoms. The predicted molar refractivity (Wildman–Crippen MR) is 97.4 cm³/mol. The number of nitrogen functional groups attached to an aromatic ring is 1. The molecule has 0 radical (unpaired) electrons. The highest BCUT2D eigenvalue weighted by Gasteiger charge is 2.57. The number of rotatable bonds is 10. The molecule has 3 amide bonds. The van der Waals surface area contributed by atoms with Gasteiger partial charge in [0, 0.05) is 5.38 Å². The smallest absolute Gasteiger partial charge is 0.418 e. The van der Waals surface area contributed by atoms with Crippen LogP contribution >= 0.6 is 11.3 Å². The van der Waals surface area contributed by atoms with Gasteiger partial charge in [-0.3, -0.25) is 14.1 Å². The van der Waals surface area contributed by atoms with Crippen molar-refractivity contribution >= 4 is 56.5 Å². The summed E-state index contributed by atoms with van der Waals surface area (Å²) in [4.78, 5) is 54.9. The number of hydroxylamine groups is 2. The van der Waals surface area contributed by atoms with Crippen LogP contribution in [0, 0.1) is 0 Å². The molecule has 0 bridgehead atoms. The molecule has 1 fully saturated rings. The summed E-state index contributed by atoms with van der Waals surface area (Å²) < 4.78 is 38.8. The number of aromatic nitrogens is 1. The fraction of sp³-hybridized carbons (Fsp3) is 0.333. The molecule has 2 rings (SSSR count). The zero-order chi connectivity index (χ0) is 23.4. The summed E-state index contributed by atoms with van der Waals surface area (Å²) in [7, 11) is -5.07. The van der Waals surface area contributed by atoms with Crippen LogP contribution in [0.25, 0.3) is 0 Å². The van der Waals surface area contributed by atoms with E-state index in [-0.39, 0.29) is 15.9 Å². The van der Waals surface area contributed by atoms with E-state index in [9.17, 15) is 27.6 Å². The van der Waals surface area contributed by atoms with Gasteiger partial charge < -0.3 is 31.5 Å². The van der Waals surface area contributed by atoms with Crippen LogP contribution in [0.3, 0.4) is 0 Å². The highest BCUT2D eigenvalue weighted by atomic mass is 32.3. The van der Waals surface area contributed by atoms with E-state index in [0.717, 1.165) is 11.3 Å². The van der Waals surface area contributed by atoms with Crippen LogP contribution in [0.4, 0.5) is 9.93 Å². The molecule has 0 aromatic carbocycles. The van der Waals surface area contributed by atoms with E-state index in [2.05, 4.69) is 29.3 Å². The van der Waals surface area contributed by atoms with Crippen LogP contribution in [0.5, 0.6) is 0 Å². The van der Waals surface area contributed by atoms with E-state index >= 15 is 0 Å². The number of amides is 3. The quantitative estimate of drug-likeness (QED) is 0.0967. The Morgan fingerprint density at radius 3 is 2.58 bits per heavy atom. The second-order valence-corrected chi connectivity index (χ2v) is 7.56. The number of thiazole rings is 1. The second-order valence-electron chi connectivity index (χ2n) is 5.67. The van der Waals surface area contributed by atoms with Crippen LogP contribution < -0.4 is 16.8 Å². The SMILES string of the molecule is NC(=O)OC[C@]1(NC(=O)C(=NOCC(=O)O)c2csc(N)n2)CN(OS(=O)(=O)O)C1=O. The number of carboxylic acid groups (broad SMARTS) is 1. The number of carbonyl (C=O) groups excluding carboxylic acids is 3. The molecule has 17 nitrogen and oxygen atoms in total. The molecule has 1 atom stereocenters. The van der Waals surface area contributed by atoms with E-state index in [1.807, 2.05) is 0 Å². The van der Waals surface area contributed by atoms with Crippen LogP contribution in [0.15, 0.2) is 10.5 Å². The van der Waals surface area contributed by atoms with Gasteiger partial charge in [-0.2, -0.15) is 13.5 Å². The van der Waals surface area contributed by atoms with Gasteiger partial charge >= 0.3 is 22.5 Å². The van der Waals surface area contributed by atoms with Gasteiger partial charge in [-0.1, -0.05) is 5.16 Å². The average Bonchev–Trinajstić information content (AvgIpc) is 3.06. The third kappa shape index (κ3) is 6.21. The normalized spacial score (nSPS) is 18.8. The molecule has 1 saturated heterocycles. The first-order valence-electron chi connectivity index (χ1n) is 7.70. The van der Waals surface area contributed by atoms with Crippen molar-refractivity contribution in [1.82, 2.24) is 15.4 Å². The Morgan fingerprint density at radius 2 is 2.10 bits per heavy atom. The lowest BCUT2D eigenvalue weighted by molar-refractivity contribution is -0.198. The minimum atomic E-state index is -5.07. The number of carbonyl (C=O) groups is 4. The van der Waals surface area contributed by atoms with Gasteiger partial charge in [0.1, 0.15) is 12.3 Å². The Balaban J connectivity index is 2.28. The number of oxime groups is 1. The summed E-state index contributed by atoms with van der Waals surface area (Å²) in [5.41, 5.74) is 7.54. The first kappa shape index (κ1) is 23.7. The first-order valence-corrected chi connectivity index (χ1v) is 9.94. The van der Waals surface area contributed by atoms with Crippen molar-refractivity contribution in [1.29, 1.82) is 0 Å². The summed E-state index contributed by atoms with van der Waals surface area (Å²) in [6.07, 6.45) is -1.32. The molecule has 0 spiro atoms. The largest absolute Gasteiger partial charge is 0.479 e. The molecule has 1 aliphatic heterocycles. The van der Waals surface area contributed by atoms with Crippen LogP contribution in [0.2, 0.25) is 0 Å². The monoisotopic (exact) mass is 482 g/mol. The van der Waals surface area contributed by atoms with Gasteiger partial charge in [-0.15, -0.1) is 15.6 Å². The standard InChI is InChI=1S/C12H14N6O11S2/c13-10-15-5(2-30-10)7(17-28-1-6(19)20)8(21)16-12(4-27-11(14)23)3-18(9(12)22)29-31(24,25)26/h2H,1,3-4H2,(H2,13,15)(H2,14,23)(H,16,21)(H,19,20)(H,24,25,26)/t12-/m1/s1. The van der Waals surface area contributed by atoms with Crippen molar-refractivity contribution in [3.63, 3.8) is 0 Å². The Labute approximate surface area is 176 Å². The number of aliphatic carboxylic acids is 1. The lowest BCUT2D eigenvalue weighted by Gasteiger charge is -2.45. The second kappa shape index (κ2) is 9.07. The van der Waals surface area contributed by atoms with Gasteiger partial charge in [-0.05, 0) is 0 Å². The van der Waals surface area contributed by atoms with Crippen LogP contribution in [-0.4, -0.2) is 83.0 Å². The average molecular weight is 482 g/mol. The minimum absolute atomic E-state index is 0.0213. The maximum atomic E-state index is 12.7. The molecule has 2 heterocycles. The molecule has 0 aliphatic carbocycles. The number of hydrogen-bond acceptors (Lipinski definition) is 13. The molecule has 0 saturated carbocycles. The minimum Gasteiger partial charge on any atom is -0.479 e. The summed E-state index contributed by atoms with van der Waals surface area (Å²) in [6, 6.07) is 0. The summed E-state index contributed by atoms with van der Waals surface area (Å²) in [5.74, 6) is -3.80. The maximum absolute atomic E-state index is 12.7. The number of nitrogens with zero attached hydrogens (tertiary/aromatic N) is 3. The van der Waals surface area contributed by atoms with Crippen molar-refractivity contribution in [2.75, 3.05) is 25.5 Å². The molecular weight excluding hydrogens is 468 g/mol. The zero-order valence-electron chi connectivity index (χ0n) is 15.1. The van der Waals surface area contributed by atoms with Crippen molar-refractivity contribution < 1.29 is 51.1 Å². The molecule has 0 unspecified atom stereocenters. The van der Waals surface area contributed by atoms with Gasteiger partial charge in [0.2, 0.25) is 6.61 Å². The number of nitrogens with one attached hydrogen (secondary N) is 1. The highest BCUT2D eigenvalue weighted by Crippen LogP contribution is 2.25. The Kier molecular flexibility index (Phi) is 6.95. The van der Waals surface area contributed by atoms with E-state index < -0.39 is 65.3 Å². The maximum Gasteiger partial charge on any atom is 0.418 e. The van der Waals surface area contributed by atoms with E-state index in [1.54, 1.807) is 0 Å². The van der Waals surface area contributed by atoms with Gasteiger partial charge in [-0.25, -0.2) is 14.6 Å². The highest BCUT2D eigenvalue weighted by molar-refractivity contribution is 7.80. The number of nitrogens with two attached hydrogens (primary N) is 2. The number of primary amides is 1. The molecule has 19 heteroatoms. The molecule has 7 N–H and O–H groups in total. The molecule has 1 aliphatic rings. The van der Waals surface area contributed by atoms with Crippen molar-refractivity contribution in [2.24, 2.45) is 10.9 Å². The fourth-order valence-corrected chi connectivity index (χ4v) is 3.06. The van der Waals surface area contributed by atoms with Crippen molar-refractivity contribution in [2.45, 2.75) is 5.54 Å². The van der Waals surface area contributed by atoms with Crippen LogP contribution in [0.1, 0.15) is 5.69 Å². The topological polar surface area (TPSA) is 263 Å². The van der Waals surface area contributed by atoms with E-state index in [4.69, 9.17) is 21.1 Å². The summed E-state index contributed by atoms with van der Waals surface area (Å²) in [5, 5.41) is 15.6. The van der Waals surface area contributed by atoms with E-state index in [1.165, 1.54) is 5.38 Å². The van der Waals surface area contributed by atoms with Gasteiger partial charge in [0.05, 0.1) is 6.54 Å². The van der Waals surface area contributed by atoms with Crippen molar-refractivity contribution in [3.8, 4) is 0 Å². The first-order chi connectivity index (χ1) is 14.3. The van der Waals surface area contributed by atoms with Gasteiger partial charge in [0.15, 0.2) is 16.4 Å². The zero-order valence-corrected chi connectivity index (χ0v) is 16.7. The van der Waals surface area contributed by atoms with Crippen LogP contribution in [-0.2, 0) is 38.6 Å². The summed E-state index contributed by atoms with van der Waals surface area (Å²) in [6.45, 7) is -2.46. The molecule has 1 aromatic heterocycles. The van der Waals surface area contributed by atoms with Gasteiger partial charge in [0.25, 0.3) is 11.8 Å². The summed E-state index contributed by atoms with van der Waals surface area (Å²) >= 11 is 0.908. The lowest BCUT2D eigenvalue weighted by Crippen LogP contribution is -2.76. The number of β-lactam (4-membered cyclic amide) rings is 1. The van der Waals surface area contributed by atoms with Crippen molar-refractivity contribution in [3.05, 3.63) is 11.1 Å². The number of ether oxygens (including phenoxy) is 1. The Morgan fingerprint density at radius 1 is 1.42 bits per heavy atom. The molecule has 1 aromatic rings. The number of anilines is 1. The lowest BCUT2D eigenvalue weighted by atomic mass is 9.91. The van der Waals surface area contributed by atoms with E-state index in [0.29, 0.717) is 0 Å². The fourth-order valence-electron chi connectivity index (χ4n) is 2.17. The number of carboxylic acids is 1. The third-order valence-electron chi connectivity index (χ3n) is 3.37.